The Hall–Kier alpha value is -6.37. The number of nitrogens with one attached hydrogen (secondary N) is 2. The van der Waals surface area contributed by atoms with Crippen LogP contribution < -0.4 is 20.1 Å². The lowest BCUT2D eigenvalue weighted by Crippen LogP contribution is -2.54. The molecule has 2 N–H and O–H groups in total. The summed E-state index contributed by atoms with van der Waals surface area (Å²) in [7, 11) is 0. The summed E-state index contributed by atoms with van der Waals surface area (Å²) in [5.74, 6) is 0.752. The van der Waals surface area contributed by atoms with Gasteiger partial charge in [-0.15, -0.1) is 10.2 Å². The maximum absolute atomic E-state index is 13.2. The summed E-state index contributed by atoms with van der Waals surface area (Å²) >= 11 is 0. The highest BCUT2D eigenvalue weighted by Crippen LogP contribution is 2.36. The molecule has 268 valence electrons. The fraction of sp³-hybridized carbons (Fsp3) is 0.275. The number of amides is 4. The van der Waals surface area contributed by atoms with Gasteiger partial charge in [0.25, 0.3) is 11.8 Å². The van der Waals surface area contributed by atoms with Gasteiger partial charge < -0.3 is 19.2 Å². The van der Waals surface area contributed by atoms with E-state index in [0.29, 0.717) is 29.1 Å². The Kier molecular flexibility index (Phi) is 8.48. The summed E-state index contributed by atoms with van der Waals surface area (Å²) in [5.41, 5.74) is 3.93. The molecule has 4 amide bonds. The number of pyridine rings is 1. The van der Waals surface area contributed by atoms with E-state index >= 15 is 0 Å². The van der Waals surface area contributed by atoms with Crippen LogP contribution in [0.25, 0.3) is 11.5 Å². The van der Waals surface area contributed by atoms with E-state index in [0.717, 1.165) is 40.2 Å². The number of hydrogen-bond donors (Lipinski definition) is 2. The third-order valence-electron chi connectivity index (χ3n) is 10.1. The van der Waals surface area contributed by atoms with Crippen LogP contribution in [-0.2, 0) is 15.0 Å². The Morgan fingerprint density at radius 1 is 0.849 bits per heavy atom. The summed E-state index contributed by atoms with van der Waals surface area (Å²) in [4.78, 5) is 55.4. The smallest absolute Gasteiger partial charge is 0.262 e. The monoisotopic (exact) mass is 712 g/mol. The first-order valence-electron chi connectivity index (χ1n) is 17.5. The van der Waals surface area contributed by atoms with Crippen LogP contribution in [0.3, 0.4) is 0 Å². The molecule has 0 bridgehead atoms. The van der Waals surface area contributed by atoms with Crippen molar-refractivity contribution in [1.82, 2.24) is 25.4 Å². The summed E-state index contributed by atoms with van der Waals surface area (Å²) in [6, 6.07) is 23.9. The Balaban J connectivity index is 0.829. The molecule has 8 rings (SSSR count). The van der Waals surface area contributed by atoms with E-state index < -0.39 is 29.7 Å². The number of benzene rings is 3. The van der Waals surface area contributed by atoms with Gasteiger partial charge in [0, 0.05) is 55.6 Å². The first kappa shape index (κ1) is 33.8. The molecule has 3 aromatic carbocycles. The van der Waals surface area contributed by atoms with Crippen LogP contribution in [0.5, 0.6) is 17.4 Å². The second-order valence-electron chi connectivity index (χ2n) is 14.0. The third-order valence-corrected chi connectivity index (χ3v) is 10.1. The number of fused-ring (bicyclic) bond motifs is 1. The highest BCUT2D eigenvalue weighted by molar-refractivity contribution is 6.23. The fourth-order valence-electron chi connectivity index (χ4n) is 6.93. The number of carbonyl (C=O) groups is 4. The van der Waals surface area contributed by atoms with Crippen LogP contribution in [0.4, 0.5) is 5.69 Å². The van der Waals surface area contributed by atoms with Gasteiger partial charge in [-0.25, -0.2) is 4.98 Å². The summed E-state index contributed by atoms with van der Waals surface area (Å²) in [5, 5.41) is 13.5. The number of aromatic nitrogens is 3. The Morgan fingerprint density at radius 2 is 1.55 bits per heavy atom. The first-order valence-corrected chi connectivity index (χ1v) is 17.5. The summed E-state index contributed by atoms with van der Waals surface area (Å²) in [6.45, 7) is 6.09. The molecule has 2 aliphatic heterocycles. The molecule has 0 spiro atoms. The van der Waals surface area contributed by atoms with Crippen LogP contribution in [0.15, 0.2) is 89.5 Å². The number of nitrogens with zero attached hydrogens (tertiary/aromatic N) is 4. The standard InChI is InChI=1S/C40H36N6O7/c1-22-44-45-37(51-22)23-4-17-35(41-21-23)53-29-12-7-25(8-13-29)40(2,3)24-5-10-28(11-6-24)52-30-18-27(19-30)42-26-9-14-31-32(20-26)39(50)46(38(31)49)33-15-16-34(47)43-36(33)48/h4-14,17,20-21,27,30,33,42H,15-16,18-19H2,1-3H3,(H,43,47,48). The zero-order valence-corrected chi connectivity index (χ0v) is 29.3. The van der Waals surface area contributed by atoms with Crippen molar-refractivity contribution in [2.75, 3.05) is 5.32 Å². The molecular weight excluding hydrogens is 676 g/mol. The maximum Gasteiger partial charge on any atom is 0.262 e. The molecule has 3 aliphatic rings. The second-order valence-corrected chi connectivity index (χ2v) is 14.0. The van der Waals surface area contributed by atoms with Crippen molar-refractivity contribution in [3.8, 4) is 28.8 Å². The normalized spacial score (nSPS) is 19.8. The van der Waals surface area contributed by atoms with Crippen LogP contribution >= 0.6 is 0 Å². The molecule has 1 saturated carbocycles. The van der Waals surface area contributed by atoms with E-state index in [4.69, 9.17) is 13.9 Å². The quantitative estimate of drug-likeness (QED) is 0.164. The number of ether oxygens (including phenoxy) is 2. The minimum absolute atomic E-state index is 0.0354. The van der Waals surface area contributed by atoms with Crippen LogP contribution in [0.1, 0.15) is 77.3 Å². The number of piperidine rings is 1. The topological polar surface area (TPSA) is 166 Å². The number of hydrogen-bond acceptors (Lipinski definition) is 11. The van der Waals surface area contributed by atoms with E-state index in [1.807, 2.05) is 30.3 Å². The highest BCUT2D eigenvalue weighted by atomic mass is 16.5. The number of imide groups is 2. The molecule has 1 aliphatic carbocycles. The van der Waals surface area contributed by atoms with E-state index in [1.54, 1.807) is 37.4 Å². The van der Waals surface area contributed by atoms with E-state index in [-0.39, 0.29) is 41.5 Å². The van der Waals surface area contributed by atoms with E-state index in [2.05, 4.69) is 63.9 Å². The molecule has 0 radical (unpaired) electrons. The van der Waals surface area contributed by atoms with Gasteiger partial charge in [0.1, 0.15) is 23.6 Å². The molecule has 2 fully saturated rings. The highest BCUT2D eigenvalue weighted by Gasteiger charge is 2.45. The largest absolute Gasteiger partial charge is 0.490 e. The number of anilines is 1. The molecule has 4 heterocycles. The molecule has 2 aromatic heterocycles. The fourth-order valence-corrected chi connectivity index (χ4v) is 6.93. The van der Waals surface area contributed by atoms with Gasteiger partial charge in [0.2, 0.25) is 29.5 Å². The van der Waals surface area contributed by atoms with Crippen molar-refractivity contribution in [2.45, 2.75) is 70.1 Å². The molecule has 5 aromatic rings. The second kappa shape index (κ2) is 13.3. The van der Waals surface area contributed by atoms with E-state index in [9.17, 15) is 19.2 Å². The average Bonchev–Trinajstić information content (AvgIpc) is 3.68. The predicted octanol–water partition coefficient (Wildman–Crippen LogP) is 5.98. The zero-order chi connectivity index (χ0) is 36.9. The van der Waals surface area contributed by atoms with Gasteiger partial charge >= 0.3 is 0 Å². The molecule has 53 heavy (non-hydrogen) atoms. The van der Waals surface area contributed by atoms with Gasteiger partial charge in [-0.3, -0.25) is 29.4 Å². The van der Waals surface area contributed by atoms with Gasteiger partial charge in [0.15, 0.2) is 0 Å². The lowest BCUT2D eigenvalue weighted by Gasteiger charge is -2.36. The van der Waals surface area contributed by atoms with E-state index in [1.165, 1.54) is 0 Å². The SMILES string of the molecule is Cc1nnc(-c2ccc(Oc3ccc(C(C)(C)c4ccc(OC5CC(Nc6ccc7c(c6)C(=O)N(C6CCC(=O)NC6=O)C7=O)C5)cc4)cc3)nc2)o1. The minimum atomic E-state index is -0.989. The van der Waals surface area contributed by atoms with Gasteiger partial charge in [-0.1, -0.05) is 38.1 Å². The molecule has 1 unspecified atom stereocenters. The van der Waals surface area contributed by atoms with Gasteiger partial charge in [0.05, 0.1) is 16.7 Å². The summed E-state index contributed by atoms with van der Waals surface area (Å²) < 4.78 is 17.7. The maximum atomic E-state index is 13.2. The van der Waals surface area contributed by atoms with Gasteiger partial charge in [-0.05, 0) is 66.1 Å². The lowest BCUT2D eigenvalue weighted by atomic mass is 9.78. The Bertz CT molecular complexity index is 2230. The lowest BCUT2D eigenvalue weighted by molar-refractivity contribution is -0.136. The Morgan fingerprint density at radius 3 is 2.19 bits per heavy atom. The number of rotatable bonds is 10. The van der Waals surface area contributed by atoms with Crippen molar-refractivity contribution in [3.05, 3.63) is 113 Å². The van der Waals surface area contributed by atoms with Crippen LogP contribution in [0, 0.1) is 6.92 Å². The van der Waals surface area contributed by atoms with Crippen molar-refractivity contribution in [2.24, 2.45) is 0 Å². The van der Waals surface area contributed by atoms with Crippen LogP contribution in [0.2, 0.25) is 0 Å². The summed E-state index contributed by atoms with van der Waals surface area (Å²) in [6.07, 6.45) is 3.41. The van der Waals surface area contributed by atoms with Crippen molar-refractivity contribution >= 4 is 29.3 Å². The molecule has 1 saturated heterocycles. The number of carbonyl (C=O) groups excluding carboxylic acids is 4. The van der Waals surface area contributed by atoms with Crippen molar-refractivity contribution < 1.29 is 33.1 Å². The Labute approximate surface area is 304 Å². The van der Waals surface area contributed by atoms with Crippen LogP contribution in [-0.4, -0.2) is 61.9 Å². The number of aryl methyl sites for hydroxylation is 1. The van der Waals surface area contributed by atoms with Gasteiger partial charge in [-0.2, -0.15) is 0 Å². The predicted molar refractivity (Wildman–Crippen MR) is 192 cm³/mol. The zero-order valence-electron chi connectivity index (χ0n) is 29.3. The molecule has 13 nitrogen and oxygen atoms in total. The molecular formula is C40H36N6O7. The van der Waals surface area contributed by atoms with Crippen molar-refractivity contribution in [3.63, 3.8) is 0 Å². The van der Waals surface area contributed by atoms with Crippen molar-refractivity contribution in [1.29, 1.82) is 0 Å². The molecule has 13 heteroatoms. The minimum Gasteiger partial charge on any atom is -0.490 e. The third kappa shape index (κ3) is 6.61. The first-order chi connectivity index (χ1) is 25.5. The molecule has 1 atom stereocenters. The average molecular weight is 713 g/mol.